The van der Waals surface area contributed by atoms with E-state index in [9.17, 15) is 18.0 Å². The Bertz CT molecular complexity index is 1110. The van der Waals surface area contributed by atoms with E-state index in [1.54, 1.807) is 12.1 Å². The van der Waals surface area contributed by atoms with Crippen LogP contribution in [0.15, 0.2) is 47.4 Å². The van der Waals surface area contributed by atoms with E-state index in [-0.39, 0.29) is 23.1 Å². The lowest BCUT2D eigenvalue weighted by atomic mass is 10.1. The van der Waals surface area contributed by atoms with Crippen molar-refractivity contribution in [1.82, 2.24) is 14.5 Å². The Labute approximate surface area is 195 Å². The summed E-state index contributed by atoms with van der Waals surface area (Å²) in [5.74, 6) is 0.562. The third-order valence-corrected chi connectivity index (χ3v) is 7.59. The second-order valence-corrected chi connectivity index (χ2v) is 10.4. The normalized spacial score (nSPS) is 14.1. The molecule has 1 saturated heterocycles. The molecular formula is C24H31N3O5S. The summed E-state index contributed by atoms with van der Waals surface area (Å²) in [6.45, 7) is 1.68. The van der Waals surface area contributed by atoms with Crippen molar-refractivity contribution in [3.05, 3.63) is 59.2 Å². The van der Waals surface area contributed by atoms with Gasteiger partial charge in [0.15, 0.2) is 0 Å². The van der Waals surface area contributed by atoms with E-state index < -0.39 is 10.0 Å². The summed E-state index contributed by atoms with van der Waals surface area (Å²) in [6, 6.07) is 12.5. The predicted molar refractivity (Wildman–Crippen MR) is 125 cm³/mol. The van der Waals surface area contributed by atoms with Crippen LogP contribution < -0.4 is 10.1 Å². The first-order valence-corrected chi connectivity index (χ1v) is 12.4. The Hall–Kier alpha value is -2.91. The average Bonchev–Trinajstić information content (AvgIpc) is 3.20. The number of rotatable bonds is 10. The molecule has 0 aromatic heterocycles. The standard InChI is InChI=1S/C24H31N3O5S/c1-26(2)33(30,31)21-11-12-22(32-3)18(15-21)10-13-23(28)25-16-19-7-4-5-8-20(19)17-27-14-6-9-24(27)29/h4-5,7-8,11-12,15H,6,9-10,13-14,16-17H2,1-3H3,(H,25,28). The van der Waals surface area contributed by atoms with Gasteiger partial charge in [0, 0.05) is 46.6 Å². The summed E-state index contributed by atoms with van der Waals surface area (Å²) in [4.78, 5) is 26.5. The van der Waals surface area contributed by atoms with Crippen molar-refractivity contribution in [2.24, 2.45) is 0 Å². The number of ether oxygens (including phenoxy) is 1. The number of sulfonamides is 1. The highest BCUT2D eigenvalue weighted by Crippen LogP contribution is 2.25. The van der Waals surface area contributed by atoms with E-state index in [4.69, 9.17) is 4.74 Å². The molecule has 1 aliphatic rings. The molecule has 2 aromatic carbocycles. The molecule has 8 nitrogen and oxygen atoms in total. The van der Waals surface area contributed by atoms with E-state index in [1.165, 1.54) is 27.3 Å². The summed E-state index contributed by atoms with van der Waals surface area (Å²) in [7, 11) is 0.889. The fraction of sp³-hybridized carbons (Fsp3) is 0.417. The van der Waals surface area contributed by atoms with Crippen molar-refractivity contribution in [1.29, 1.82) is 0 Å². The van der Waals surface area contributed by atoms with Crippen molar-refractivity contribution in [3.8, 4) is 5.75 Å². The van der Waals surface area contributed by atoms with Crippen LogP contribution in [-0.2, 0) is 39.1 Å². The van der Waals surface area contributed by atoms with E-state index in [0.717, 1.165) is 28.4 Å². The van der Waals surface area contributed by atoms with E-state index >= 15 is 0 Å². The van der Waals surface area contributed by atoms with Crippen LogP contribution in [0.5, 0.6) is 5.75 Å². The zero-order valence-electron chi connectivity index (χ0n) is 19.3. The van der Waals surface area contributed by atoms with Gasteiger partial charge in [0.25, 0.3) is 0 Å². The number of amides is 2. The monoisotopic (exact) mass is 473 g/mol. The number of hydrogen-bond acceptors (Lipinski definition) is 5. The van der Waals surface area contributed by atoms with Crippen molar-refractivity contribution in [2.45, 2.75) is 43.7 Å². The van der Waals surface area contributed by atoms with Gasteiger partial charge in [0.2, 0.25) is 21.8 Å². The highest BCUT2D eigenvalue weighted by Gasteiger charge is 2.21. The summed E-state index contributed by atoms with van der Waals surface area (Å²) in [5, 5.41) is 2.94. The van der Waals surface area contributed by atoms with E-state index in [0.29, 0.717) is 37.2 Å². The topological polar surface area (TPSA) is 96.0 Å². The molecule has 1 N–H and O–H groups in total. The molecule has 0 saturated carbocycles. The molecule has 0 spiro atoms. The van der Waals surface area contributed by atoms with Gasteiger partial charge < -0.3 is 15.0 Å². The Kier molecular flexibility index (Phi) is 8.10. The molecule has 0 radical (unpaired) electrons. The van der Waals surface area contributed by atoms with Gasteiger partial charge in [-0.2, -0.15) is 0 Å². The van der Waals surface area contributed by atoms with E-state index in [1.807, 2.05) is 29.2 Å². The number of hydrogen-bond donors (Lipinski definition) is 1. The minimum Gasteiger partial charge on any atom is -0.496 e. The highest BCUT2D eigenvalue weighted by molar-refractivity contribution is 7.89. The van der Waals surface area contributed by atoms with Gasteiger partial charge in [0.05, 0.1) is 12.0 Å². The number of aryl methyl sites for hydroxylation is 1. The van der Waals surface area contributed by atoms with Crippen molar-refractivity contribution in [3.63, 3.8) is 0 Å². The van der Waals surface area contributed by atoms with Crippen LogP contribution in [-0.4, -0.2) is 57.2 Å². The number of methoxy groups -OCH3 is 1. The van der Waals surface area contributed by atoms with Gasteiger partial charge in [-0.25, -0.2) is 12.7 Å². The molecule has 0 aliphatic carbocycles. The van der Waals surface area contributed by atoms with Crippen LogP contribution in [0.2, 0.25) is 0 Å². The summed E-state index contributed by atoms with van der Waals surface area (Å²) >= 11 is 0. The van der Waals surface area contributed by atoms with Crippen LogP contribution in [0.1, 0.15) is 36.0 Å². The molecule has 1 fully saturated rings. The van der Waals surface area contributed by atoms with Crippen LogP contribution in [0.25, 0.3) is 0 Å². The summed E-state index contributed by atoms with van der Waals surface area (Å²) in [6.07, 6.45) is 2.02. The zero-order chi connectivity index (χ0) is 24.0. The predicted octanol–water partition coefficient (Wildman–Crippen LogP) is 2.32. The average molecular weight is 474 g/mol. The number of carbonyl (C=O) groups excluding carboxylic acids is 2. The lowest BCUT2D eigenvalue weighted by Crippen LogP contribution is -2.27. The van der Waals surface area contributed by atoms with Gasteiger partial charge >= 0.3 is 0 Å². The molecule has 0 bridgehead atoms. The zero-order valence-corrected chi connectivity index (χ0v) is 20.2. The molecule has 2 aromatic rings. The van der Waals surface area contributed by atoms with Crippen LogP contribution in [0, 0.1) is 0 Å². The maximum atomic E-state index is 12.5. The number of nitrogens with zero attached hydrogens (tertiary/aromatic N) is 2. The number of likely N-dealkylation sites (tertiary alicyclic amines) is 1. The van der Waals surface area contributed by atoms with Gasteiger partial charge in [-0.1, -0.05) is 24.3 Å². The third-order valence-electron chi connectivity index (χ3n) is 5.78. The molecule has 33 heavy (non-hydrogen) atoms. The summed E-state index contributed by atoms with van der Waals surface area (Å²) < 4.78 is 31.4. The SMILES string of the molecule is COc1ccc(S(=O)(=O)N(C)C)cc1CCC(=O)NCc1ccccc1CN1CCCC1=O. The first kappa shape index (κ1) is 24.7. The molecule has 0 atom stereocenters. The summed E-state index contributed by atoms with van der Waals surface area (Å²) in [5.41, 5.74) is 2.65. The quantitative estimate of drug-likeness (QED) is 0.571. The Morgan fingerprint density at radius 3 is 2.48 bits per heavy atom. The second-order valence-electron chi connectivity index (χ2n) is 8.23. The number of benzene rings is 2. The van der Waals surface area contributed by atoms with E-state index in [2.05, 4.69) is 5.32 Å². The smallest absolute Gasteiger partial charge is 0.242 e. The molecule has 9 heteroatoms. The van der Waals surface area contributed by atoms with Crippen molar-refractivity contribution >= 4 is 21.8 Å². The molecular weight excluding hydrogens is 442 g/mol. The molecule has 2 amide bonds. The van der Waals surface area contributed by atoms with Crippen molar-refractivity contribution < 1.29 is 22.7 Å². The minimum atomic E-state index is -3.58. The number of carbonyl (C=O) groups is 2. The van der Waals surface area contributed by atoms with Crippen LogP contribution >= 0.6 is 0 Å². The van der Waals surface area contributed by atoms with Crippen LogP contribution in [0.3, 0.4) is 0 Å². The lowest BCUT2D eigenvalue weighted by molar-refractivity contribution is -0.128. The molecule has 0 unspecified atom stereocenters. The Morgan fingerprint density at radius 1 is 1.12 bits per heavy atom. The lowest BCUT2D eigenvalue weighted by Gasteiger charge is -2.18. The fourth-order valence-corrected chi connectivity index (χ4v) is 4.77. The molecule has 178 valence electrons. The van der Waals surface area contributed by atoms with Gasteiger partial charge in [-0.15, -0.1) is 0 Å². The minimum absolute atomic E-state index is 0.148. The second kappa shape index (κ2) is 10.8. The molecule has 1 aliphatic heterocycles. The number of nitrogens with one attached hydrogen (secondary N) is 1. The Balaban J connectivity index is 1.62. The maximum Gasteiger partial charge on any atom is 0.242 e. The van der Waals surface area contributed by atoms with Crippen LogP contribution in [0.4, 0.5) is 0 Å². The third kappa shape index (κ3) is 6.11. The van der Waals surface area contributed by atoms with Crippen molar-refractivity contribution in [2.75, 3.05) is 27.7 Å². The van der Waals surface area contributed by atoms with Gasteiger partial charge in [0.1, 0.15) is 5.75 Å². The fourth-order valence-electron chi connectivity index (χ4n) is 3.81. The first-order chi connectivity index (χ1) is 15.7. The van der Waals surface area contributed by atoms with Gasteiger partial charge in [-0.3, -0.25) is 9.59 Å². The molecule has 3 rings (SSSR count). The molecule has 1 heterocycles. The highest BCUT2D eigenvalue weighted by atomic mass is 32.2. The largest absolute Gasteiger partial charge is 0.496 e. The first-order valence-electron chi connectivity index (χ1n) is 10.9. The Morgan fingerprint density at radius 2 is 1.85 bits per heavy atom. The maximum absolute atomic E-state index is 12.5. The van der Waals surface area contributed by atoms with Gasteiger partial charge in [-0.05, 0) is 47.7 Å².